The number of benzene rings is 1. The van der Waals surface area contributed by atoms with Gasteiger partial charge < -0.3 is 49.1 Å². The molecule has 1 saturated heterocycles. The number of phenols is 1. The van der Waals surface area contributed by atoms with Crippen LogP contribution >= 0.6 is 0 Å². The summed E-state index contributed by atoms with van der Waals surface area (Å²) in [4.78, 5) is 66.6. The molecule has 0 radical (unpaired) electrons. The highest BCUT2D eigenvalue weighted by Gasteiger charge is 2.58. The molecule has 1 spiro atoms. The summed E-state index contributed by atoms with van der Waals surface area (Å²) in [5.41, 5.74) is -1.23. The van der Waals surface area contributed by atoms with Crippen LogP contribution < -0.4 is 10.1 Å². The number of fused-ring (bicyclic) bond motifs is 13. The normalized spacial score (nSPS) is 36.6. The predicted octanol–water partition coefficient (Wildman–Crippen LogP) is 3.17. The number of ketones is 2. The second-order valence-electron chi connectivity index (χ2n) is 14.4. The maximum absolute atomic E-state index is 14.3. The van der Waals surface area contributed by atoms with Gasteiger partial charge in [-0.3, -0.25) is 19.2 Å². The Morgan fingerprint density at radius 3 is 2.26 bits per heavy atom. The van der Waals surface area contributed by atoms with Crippen LogP contribution in [0.15, 0.2) is 47.9 Å². The van der Waals surface area contributed by atoms with Gasteiger partial charge in [-0.25, -0.2) is 4.79 Å². The van der Waals surface area contributed by atoms with Crippen molar-refractivity contribution in [2.75, 3.05) is 13.7 Å². The molecule has 5 aliphatic rings. The molecule has 15 heteroatoms. The lowest BCUT2D eigenvalue weighted by Crippen LogP contribution is -2.46. The van der Waals surface area contributed by atoms with E-state index >= 15 is 0 Å². The van der Waals surface area contributed by atoms with Gasteiger partial charge in [0.2, 0.25) is 5.78 Å². The fourth-order valence-electron chi connectivity index (χ4n) is 7.37. The van der Waals surface area contributed by atoms with E-state index in [4.69, 9.17) is 28.4 Å². The molecule has 1 unspecified atom stereocenters. The third kappa shape index (κ3) is 7.08. The molecule has 1 aromatic carbocycles. The average Bonchev–Trinajstić information content (AvgIpc) is 3.62. The van der Waals surface area contributed by atoms with Crippen molar-refractivity contribution in [3.63, 3.8) is 0 Å². The number of methoxy groups -OCH3 is 1. The van der Waals surface area contributed by atoms with Gasteiger partial charge in [-0.2, -0.15) is 0 Å². The summed E-state index contributed by atoms with van der Waals surface area (Å²) in [5, 5.41) is 36.6. The number of aliphatic hydroxyl groups is 2. The lowest BCUT2D eigenvalue weighted by Gasteiger charge is -2.38. The molecule has 5 bridgehead atoms. The minimum Gasteiger partial charge on any atom is -0.507 e. The number of Topliss-reactive ketones (excluding diaryl/α,β-unsaturated/α-hetero) is 2. The monoisotopic (exact) mass is 753 g/mol. The number of rotatable bonds is 2. The maximum Gasteiger partial charge on any atom is 0.335 e. The Labute approximate surface area is 312 Å². The minimum atomic E-state index is -2.21. The summed E-state index contributed by atoms with van der Waals surface area (Å²) in [6.07, 6.45) is 4.41. The van der Waals surface area contributed by atoms with Crippen LogP contribution in [-0.4, -0.2) is 88.7 Å². The molecule has 1 aromatic rings. The number of amides is 1. The van der Waals surface area contributed by atoms with Crippen molar-refractivity contribution >= 4 is 29.4 Å². The van der Waals surface area contributed by atoms with Crippen molar-refractivity contribution in [2.24, 2.45) is 23.7 Å². The minimum absolute atomic E-state index is 0.00812. The van der Waals surface area contributed by atoms with Crippen molar-refractivity contribution < 1.29 is 67.7 Å². The zero-order valence-corrected chi connectivity index (χ0v) is 31.6. The topological polar surface area (TPSA) is 213 Å². The summed E-state index contributed by atoms with van der Waals surface area (Å²) >= 11 is 0. The molecule has 1 amide bonds. The van der Waals surface area contributed by atoms with E-state index in [1.165, 1.54) is 47.0 Å². The molecule has 1 fully saturated rings. The van der Waals surface area contributed by atoms with Gasteiger partial charge in [-0.15, -0.1) is 0 Å². The summed E-state index contributed by atoms with van der Waals surface area (Å²) in [6, 6.07) is 0. The highest BCUT2D eigenvalue weighted by molar-refractivity contribution is 6.19. The molecular weight excluding hydrogens is 706 g/mol. The predicted molar refractivity (Wildman–Crippen MR) is 189 cm³/mol. The lowest BCUT2D eigenvalue weighted by molar-refractivity contribution is -0.161. The number of nitrogens with one attached hydrogen (secondary N) is 1. The van der Waals surface area contributed by atoms with E-state index in [1.807, 2.05) is 0 Å². The molecule has 54 heavy (non-hydrogen) atoms. The average molecular weight is 754 g/mol. The van der Waals surface area contributed by atoms with Crippen LogP contribution in [0.2, 0.25) is 0 Å². The molecule has 1 aliphatic carbocycles. The number of ether oxygens (including phenoxy) is 6. The number of allylic oxidation sites excluding steroid dienone is 3. The first kappa shape index (κ1) is 40.4. The van der Waals surface area contributed by atoms with Crippen LogP contribution in [0.5, 0.6) is 11.5 Å². The molecule has 0 saturated carbocycles. The van der Waals surface area contributed by atoms with Gasteiger partial charge in [-0.1, -0.05) is 45.9 Å². The van der Waals surface area contributed by atoms with Crippen LogP contribution in [0.3, 0.4) is 0 Å². The second kappa shape index (κ2) is 15.1. The van der Waals surface area contributed by atoms with Crippen LogP contribution in [0.4, 0.5) is 0 Å². The largest absolute Gasteiger partial charge is 0.507 e. The highest BCUT2D eigenvalue weighted by atomic mass is 16.8. The van der Waals surface area contributed by atoms with E-state index in [-0.39, 0.29) is 33.7 Å². The number of aromatic hydroxyl groups is 1. The van der Waals surface area contributed by atoms with Crippen LogP contribution in [0.1, 0.15) is 80.3 Å². The maximum atomic E-state index is 14.3. The number of phenolic OH excluding ortho intramolecular Hbond substituents is 1. The smallest absolute Gasteiger partial charge is 0.335 e. The Hall–Kier alpha value is -4.83. The number of hydrogen-bond donors (Lipinski definition) is 4. The van der Waals surface area contributed by atoms with Crippen LogP contribution in [0.25, 0.3) is 0 Å². The zero-order chi connectivity index (χ0) is 40.0. The van der Waals surface area contributed by atoms with Gasteiger partial charge in [0.25, 0.3) is 17.5 Å². The fourth-order valence-corrected chi connectivity index (χ4v) is 7.37. The molecule has 4 N–H and O–H groups in total. The first-order valence-corrected chi connectivity index (χ1v) is 17.6. The van der Waals surface area contributed by atoms with E-state index in [9.17, 15) is 39.3 Å². The SMILES string of the molecule is CO[C@H]1/C=C/O[C@@]2(C)Oc3c(C)c(O)c4c(c3C2=O)C2(C=C(NC(=O)/C(C)=C\C=C\[C@H](C)[C@H](O)[C@@H](C)[C@@H](O)[C@@H](C)[C@H](OC(C)=O)[C@H]1C)C4=O)OCC(=O)O2. The molecule has 6 rings (SSSR count). The van der Waals surface area contributed by atoms with E-state index in [1.54, 1.807) is 39.8 Å². The van der Waals surface area contributed by atoms with Crippen molar-refractivity contribution in [1.29, 1.82) is 0 Å². The van der Waals surface area contributed by atoms with Crippen molar-refractivity contribution in [3.05, 3.63) is 70.2 Å². The third-order valence-electron chi connectivity index (χ3n) is 10.6. The Balaban J connectivity index is 1.66. The first-order valence-electron chi connectivity index (χ1n) is 17.6. The first-order chi connectivity index (χ1) is 25.3. The Kier molecular flexibility index (Phi) is 11.3. The fraction of sp³-hybridized carbons (Fsp3) is 0.513. The second-order valence-corrected chi connectivity index (χ2v) is 14.4. The van der Waals surface area contributed by atoms with E-state index in [0.717, 1.165) is 12.3 Å². The molecule has 15 nitrogen and oxygen atoms in total. The van der Waals surface area contributed by atoms with E-state index in [0.29, 0.717) is 0 Å². The number of hydrogen-bond acceptors (Lipinski definition) is 14. The Bertz CT molecular complexity index is 1880. The van der Waals surface area contributed by atoms with Gasteiger partial charge in [0.05, 0.1) is 47.0 Å². The summed E-state index contributed by atoms with van der Waals surface area (Å²) in [6.45, 7) is 11.7. The summed E-state index contributed by atoms with van der Waals surface area (Å²) in [5.74, 6) is -11.4. The highest BCUT2D eigenvalue weighted by Crippen LogP contribution is 2.53. The molecular formula is C39H47NO14. The Morgan fingerprint density at radius 2 is 1.65 bits per heavy atom. The summed E-state index contributed by atoms with van der Waals surface area (Å²) < 4.78 is 34.8. The molecule has 4 heterocycles. The third-order valence-corrected chi connectivity index (χ3v) is 10.6. The van der Waals surface area contributed by atoms with Gasteiger partial charge in [0, 0.05) is 61.8 Å². The van der Waals surface area contributed by atoms with Crippen molar-refractivity contribution in [3.8, 4) is 11.5 Å². The van der Waals surface area contributed by atoms with Crippen molar-refractivity contribution in [1.82, 2.24) is 5.32 Å². The number of carbonyl (C=O) groups is 5. The molecule has 292 valence electrons. The molecule has 4 aliphatic heterocycles. The number of aliphatic hydroxyl groups excluding tert-OH is 2. The van der Waals surface area contributed by atoms with Gasteiger partial charge in [0.15, 0.2) is 0 Å². The van der Waals surface area contributed by atoms with Crippen molar-refractivity contribution in [2.45, 2.75) is 91.4 Å². The lowest BCUT2D eigenvalue weighted by atomic mass is 9.78. The van der Waals surface area contributed by atoms with Crippen LogP contribution in [0, 0.1) is 30.6 Å². The number of carbonyl (C=O) groups excluding carboxylic acids is 5. The van der Waals surface area contributed by atoms with E-state index in [2.05, 4.69) is 5.32 Å². The van der Waals surface area contributed by atoms with E-state index < -0.39 is 107 Å². The Morgan fingerprint density at radius 1 is 0.963 bits per heavy atom. The van der Waals surface area contributed by atoms with Gasteiger partial charge in [-0.05, 0) is 19.9 Å². The standard InChI is InChI=1S/C39H47NO14/c1-17-11-10-12-18(2)37(48)40-24-15-39(51-16-26(42)53-39)29-27(33(24)46)32(45)22(6)35-28(29)36(47)38(8,54-35)50-14-13-25(49-9)19(3)34(52-23(7)41)21(5)31(44)20(4)30(17)43/h10-15,17,19-21,25,30-31,34,43-45H,16H2,1-9H3,(H,40,48)/b11-10+,14-13+,18-12-/t17-,19-,20+,21+,25-,30-,31+,34+,38-,39?/m0/s1. The molecule has 0 aromatic heterocycles. The summed E-state index contributed by atoms with van der Waals surface area (Å²) in [7, 11) is 1.42. The number of esters is 2. The zero-order valence-electron chi connectivity index (χ0n) is 31.6. The van der Waals surface area contributed by atoms with Gasteiger partial charge >= 0.3 is 17.7 Å². The quantitative estimate of drug-likeness (QED) is 0.320. The van der Waals surface area contributed by atoms with Gasteiger partial charge in [0.1, 0.15) is 24.2 Å². The molecule has 10 atom stereocenters. The van der Waals surface area contributed by atoms with Crippen LogP contribution in [-0.2, 0) is 43.9 Å².